The number of nitrogens with zero attached hydrogens (tertiary/aromatic N) is 2. The molecule has 0 aromatic carbocycles. The summed E-state index contributed by atoms with van der Waals surface area (Å²) < 4.78 is 0. The first-order valence-corrected chi connectivity index (χ1v) is 12.5. The van der Waals surface area contributed by atoms with Crippen molar-refractivity contribution in [1.82, 2.24) is 9.80 Å². The van der Waals surface area contributed by atoms with Gasteiger partial charge in [0.2, 0.25) is 0 Å². The van der Waals surface area contributed by atoms with Crippen LogP contribution in [0.3, 0.4) is 0 Å². The van der Waals surface area contributed by atoms with Crippen molar-refractivity contribution in [2.75, 3.05) is 13.1 Å². The molecular weight excluding hydrogens is 328 g/mol. The van der Waals surface area contributed by atoms with Gasteiger partial charge in [0, 0.05) is 25.5 Å². The molecule has 0 N–H and O–H groups in total. The predicted molar refractivity (Wildman–Crippen MR) is 122 cm³/mol. The molecule has 0 amide bonds. The lowest BCUT2D eigenvalue weighted by Gasteiger charge is -2.31. The molecule has 0 atom stereocenters. The molecule has 27 heavy (non-hydrogen) atoms. The first kappa shape index (κ1) is 24.4. The zero-order valence-corrected chi connectivity index (χ0v) is 19.1. The maximum absolute atomic E-state index is 2.49. The number of hydrogen-bond acceptors (Lipinski definition) is 2. The molecule has 0 saturated carbocycles. The fourth-order valence-electron chi connectivity index (χ4n) is 4.40. The average Bonchev–Trinajstić information content (AvgIpc) is 3.09. The molecule has 1 aliphatic rings. The summed E-state index contributed by atoms with van der Waals surface area (Å²) in [6.07, 6.45) is 29.7. The van der Waals surface area contributed by atoms with Crippen molar-refractivity contribution >= 4 is 0 Å². The van der Waals surface area contributed by atoms with Gasteiger partial charge < -0.3 is 9.80 Å². The second-order valence-corrected chi connectivity index (χ2v) is 8.53. The zero-order valence-electron chi connectivity index (χ0n) is 19.1. The molecule has 2 nitrogen and oxygen atoms in total. The van der Waals surface area contributed by atoms with Gasteiger partial charge in [-0.15, -0.1) is 0 Å². The third kappa shape index (κ3) is 11.7. The smallest absolute Gasteiger partial charge is 0.101 e. The number of unbranched alkanes of at least 4 members (excludes halogenated alkanes) is 15. The highest BCUT2D eigenvalue weighted by Gasteiger charge is 2.22. The van der Waals surface area contributed by atoms with E-state index in [9.17, 15) is 0 Å². The average molecular weight is 379 g/mol. The van der Waals surface area contributed by atoms with E-state index in [1.165, 1.54) is 109 Å². The van der Waals surface area contributed by atoms with Gasteiger partial charge in [-0.3, -0.25) is 0 Å². The van der Waals surface area contributed by atoms with Crippen LogP contribution >= 0.6 is 0 Å². The highest BCUT2D eigenvalue weighted by Crippen LogP contribution is 2.21. The Morgan fingerprint density at radius 1 is 0.481 bits per heavy atom. The molecule has 0 aliphatic carbocycles. The van der Waals surface area contributed by atoms with Gasteiger partial charge in [0.25, 0.3) is 0 Å². The van der Waals surface area contributed by atoms with Crippen LogP contribution in [0.15, 0.2) is 12.4 Å². The van der Waals surface area contributed by atoms with Gasteiger partial charge in [-0.25, -0.2) is 0 Å². The van der Waals surface area contributed by atoms with E-state index in [0.717, 1.165) is 13.1 Å². The summed E-state index contributed by atoms with van der Waals surface area (Å²) in [5.41, 5.74) is 0. The second-order valence-electron chi connectivity index (χ2n) is 8.53. The highest BCUT2D eigenvalue weighted by molar-refractivity contribution is 4.95. The van der Waals surface area contributed by atoms with Crippen LogP contribution in [0.5, 0.6) is 0 Å². The van der Waals surface area contributed by atoms with Gasteiger partial charge in [-0.2, -0.15) is 0 Å². The SMILES string of the molecule is CCCCCCCCCCCCCCCCCCC1N(CC)C=CN1CC. The summed E-state index contributed by atoms with van der Waals surface area (Å²) in [4.78, 5) is 4.99. The topological polar surface area (TPSA) is 6.48 Å². The molecule has 2 heteroatoms. The van der Waals surface area contributed by atoms with E-state index in [1.807, 2.05) is 0 Å². The molecule has 1 heterocycles. The Bertz CT molecular complexity index is 325. The monoisotopic (exact) mass is 378 g/mol. The first-order chi connectivity index (χ1) is 13.3. The highest BCUT2D eigenvalue weighted by atomic mass is 15.4. The third-order valence-electron chi connectivity index (χ3n) is 6.26. The fourth-order valence-corrected chi connectivity index (χ4v) is 4.40. The summed E-state index contributed by atoms with van der Waals surface area (Å²) >= 11 is 0. The van der Waals surface area contributed by atoms with Crippen LogP contribution in [-0.2, 0) is 0 Å². The van der Waals surface area contributed by atoms with Crippen LogP contribution in [0.1, 0.15) is 130 Å². The molecule has 0 radical (unpaired) electrons. The van der Waals surface area contributed by atoms with Crippen molar-refractivity contribution in [2.24, 2.45) is 0 Å². The molecule has 0 aromatic heterocycles. The van der Waals surface area contributed by atoms with Gasteiger partial charge in [0.05, 0.1) is 0 Å². The molecule has 0 fully saturated rings. The van der Waals surface area contributed by atoms with Gasteiger partial charge in [0.15, 0.2) is 0 Å². The third-order valence-corrected chi connectivity index (χ3v) is 6.26. The summed E-state index contributed by atoms with van der Waals surface area (Å²) in [5, 5.41) is 0. The normalized spacial score (nSPS) is 14.6. The van der Waals surface area contributed by atoms with Gasteiger partial charge >= 0.3 is 0 Å². The van der Waals surface area contributed by atoms with Crippen molar-refractivity contribution < 1.29 is 0 Å². The minimum absolute atomic E-state index is 0.631. The summed E-state index contributed by atoms with van der Waals surface area (Å²) in [6, 6.07) is 0. The number of rotatable bonds is 19. The molecule has 1 rings (SSSR count). The minimum Gasteiger partial charge on any atom is -0.356 e. The van der Waals surface area contributed by atoms with Gasteiger partial charge in [0.1, 0.15) is 6.17 Å². The largest absolute Gasteiger partial charge is 0.356 e. The predicted octanol–water partition coefficient (Wildman–Crippen LogP) is 8.09. The molecule has 160 valence electrons. The number of hydrogen-bond donors (Lipinski definition) is 0. The maximum atomic E-state index is 2.49. The fraction of sp³-hybridized carbons (Fsp3) is 0.920. The Morgan fingerprint density at radius 2 is 0.815 bits per heavy atom. The van der Waals surface area contributed by atoms with E-state index in [1.54, 1.807) is 0 Å². The van der Waals surface area contributed by atoms with Crippen LogP contribution in [-0.4, -0.2) is 29.1 Å². The molecular formula is C25H50N2. The van der Waals surface area contributed by atoms with Gasteiger partial charge in [-0.05, 0) is 26.7 Å². The van der Waals surface area contributed by atoms with Crippen LogP contribution in [0.25, 0.3) is 0 Å². The van der Waals surface area contributed by atoms with Gasteiger partial charge in [-0.1, -0.05) is 103 Å². The Morgan fingerprint density at radius 3 is 1.15 bits per heavy atom. The molecule has 0 unspecified atom stereocenters. The lowest BCUT2D eigenvalue weighted by atomic mass is 10.0. The Hall–Kier alpha value is -0.660. The molecule has 0 bridgehead atoms. The summed E-state index contributed by atoms with van der Waals surface area (Å²) in [6.45, 7) is 9.11. The Balaban J connectivity index is 1.80. The molecule has 0 saturated heterocycles. The van der Waals surface area contributed by atoms with E-state index in [4.69, 9.17) is 0 Å². The van der Waals surface area contributed by atoms with E-state index >= 15 is 0 Å². The first-order valence-electron chi connectivity index (χ1n) is 12.5. The minimum atomic E-state index is 0.631. The lowest BCUT2D eigenvalue weighted by molar-refractivity contribution is 0.149. The standard InChI is InChI=1S/C25H50N2/c1-4-7-8-9-10-11-12-13-14-15-16-17-18-19-20-21-22-25-26(5-2)23-24-27(25)6-3/h23-25H,4-22H2,1-3H3. The molecule has 1 aliphatic heterocycles. The molecule has 0 aromatic rings. The van der Waals surface area contributed by atoms with Crippen molar-refractivity contribution in [3.05, 3.63) is 12.4 Å². The van der Waals surface area contributed by atoms with Crippen molar-refractivity contribution in [1.29, 1.82) is 0 Å². The van der Waals surface area contributed by atoms with E-state index in [-0.39, 0.29) is 0 Å². The van der Waals surface area contributed by atoms with E-state index < -0.39 is 0 Å². The molecule has 0 spiro atoms. The van der Waals surface area contributed by atoms with Crippen LogP contribution in [0.4, 0.5) is 0 Å². The summed E-state index contributed by atoms with van der Waals surface area (Å²) in [5.74, 6) is 0. The van der Waals surface area contributed by atoms with E-state index in [0.29, 0.717) is 6.17 Å². The Kier molecular flexibility index (Phi) is 15.7. The van der Waals surface area contributed by atoms with Crippen LogP contribution < -0.4 is 0 Å². The zero-order chi connectivity index (χ0) is 19.6. The quantitative estimate of drug-likeness (QED) is 0.209. The Labute approximate surface area is 171 Å². The summed E-state index contributed by atoms with van der Waals surface area (Å²) in [7, 11) is 0. The van der Waals surface area contributed by atoms with Crippen molar-refractivity contribution in [3.63, 3.8) is 0 Å². The lowest BCUT2D eigenvalue weighted by Crippen LogP contribution is -2.38. The van der Waals surface area contributed by atoms with E-state index in [2.05, 4.69) is 43.0 Å². The second kappa shape index (κ2) is 17.4. The van der Waals surface area contributed by atoms with Crippen molar-refractivity contribution in [3.8, 4) is 0 Å². The van der Waals surface area contributed by atoms with Crippen LogP contribution in [0.2, 0.25) is 0 Å². The van der Waals surface area contributed by atoms with Crippen molar-refractivity contribution in [2.45, 2.75) is 136 Å². The van der Waals surface area contributed by atoms with Crippen LogP contribution in [0, 0.1) is 0 Å². The maximum Gasteiger partial charge on any atom is 0.101 e.